The van der Waals surface area contributed by atoms with Crippen LogP contribution in [0.15, 0.2) is 12.1 Å². The Bertz CT molecular complexity index is 436. The van der Waals surface area contributed by atoms with Crippen LogP contribution in [-0.2, 0) is 11.8 Å². The first-order valence-corrected chi connectivity index (χ1v) is 9.36. The van der Waals surface area contributed by atoms with Crippen LogP contribution < -0.4 is 0 Å². The van der Waals surface area contributed by atoms with Gasteiger partial charge in [-0.2, -0.15) is 11.8 Å². The third-order valence-electron chi connectivity index (χ3n) is 4.46. The second-order valence-electron chi connectivity index (χ2n) is 7.37. The molecule has 120 valence electrons. The highest BCUT2D eigenvalue weighted by molar-refractivity contribution is 7.98. The number of nitrogens with zero attached hydrogens (tertiary/aromatic N) is 1. The quantitative estimate of drug-likeness (QED) is 0.741. The van der Waals surface area contributed by atoms with E-state index in [1.54, 1.807) is 0 Å². The summed E-state index contributed by atoms with van der Waals surface area (Å²) in [7, 11) is 2.25. The van der Waals surface area contributed by atoms with Crippen LogP contribution in [0.1, 0.15) is 49.9 Å². The SMILES string of the molecule is CSCCN(C)C(C)Cc1c(C)cc(C(C)(C)C)cc1C. The largest absolute Gasteiger partial charge is 0.303 e. The van der Waals surface area contributed by atoms with Crippen molar-refractivity contribution in [2.24, 2.45) is 0 Å². The summed E-state index contributed by atoms with van der Waals surface area (Å²) in [4.78, 5) is 2.48. The Balaban J connectivity index is 2.89. The molecule has 0 aliphatic heterocycles. The second-order valence-corrected chi connectivity index (χ2v) is 8.35. The van der Waals surface area contributed by atoms with Crippen LogP contribution in [0.4, 0.5) is 0 Å². The van der Waals surface area contributed by atoms with Gasteiger partial charge in [0.2, 0.25) is 0 Å². The van der Waals surface area contributed by atoms with Crippen LogP contribution in [0.5, 0.6) is 0 Å². The van der Waals surface area contributed by atoms with Crippen molar-refractivity contribution in [2.75, 3.05) is 25.6 Å². The molecule has 0 heterocycles. The molecule has 0 fully saturated rings. The maximum absolute atomic E-state index is 2.48. The van der Waals surface area contributed by atoms with Crippen molar-refractivity contribution in [2.45, 2.75) is 59.4 Å². The fraction of sp³-hybridized carbons (Fsp3) is 0.684. The maximum Gasteiger partial charge on any atom is 0.0105 e. The molecular weight excluding hydrogens is 274 g/mol. The molecule has 0 aliphatic rings. The van der Waals surface area contributed by atoms with Crippen LogP contribution in [0.3, 0.4) is 0 Å². The van der Waals surface area contributed by atoms with Crippen molar-refractivity contribution >= 4 is 11.8 Å². The normalized spacial score (nSPS) is 13.8. The number of benzene rings is 1. The smallest absolute Gasteiger partial charge is 0.0105 e. The van der Waals surface area contributed by atoms with Gasteiger partial charge in [0, 0.05) is 18.3 Å². The van der Waals surface area contributed by atoms with Gasteiger partial charge in [-0.05, 0) is 68.2 Å². The number of hydrogen-bond donors (Lipinski definition) is 0. The Kier molecular flexibility index (Phi) is 6.80. The molecule has 1 aromatic carbocycles. The average Bonchev–Trinajstić information content (AvgIpc) is 2.38. The van der Waals surface area contributed by atoms with E-state index < -0.39 is 0 Å². The summed E-state index contributed by atoms with van der Waals surface area (Å²) in [5, 5.41) is 0. The molecule has 0 bridgehead atoms. The predicted octanol–water partition coefficient (Wildman–Crippen LogP) is 4.83. The monoisotopic (exact) mass is 307 g/mol. The molecule has 2 heteroatoms. The molecule has 0 saturated heterocycles. The molecule has 0 aromatic heterocycles. The topological polar surface area (TPSA) is 3.24 Å². The van der Waals surface area contributed by atoms with E-state index in [9.17, 15) is 0 Å². The molecular formula is C19H33NS. The lowest BCUT2D eigenvalue weighted by atomic mass is 9.83. The molecule has 0 saturated carbocycles. The lowest BCUT2D eigenvalue weighted by Crippen LogP contribution is -2.33. The van der Waals surface area contributed by atoms with Gasteiger partial charge in [-0.15, -0.1) is 0 Å². The Morgan fingerprint density at radius 3 is 2.10 bits per heavy atom. The highest BCUT2D eigenvalue weighted by Gasteiger charge is 2.18. The van der Waals surface area contributed by atoms with E-state index in [1.165, 1.54) is 34.6 Å². The summed E-state index contributed by atoms with van der Waals surface area (Å²) in [6.07, 6.45) is 3.32. The van der Waals surface area contributed by atoms with Crippen LogP contribution in [0.2, 0.25) is 0 Å². The lowest BCUT2D eigenvalue weighted by molar-refractivity contribution is 0.271. The minimum atomic E-state index is 0.231. The van der Waals surface area contributed by atoms with Crippen molar-refractivity contribution in [3.8, 4) is 0 Å². The number of thioether (sulfide) groups is 1. The Morgan fingerprint density at radius 1 is 1.14 bits per heavy atom. The van der Waals surface area contributed by atoms with Gasteiger partial charge in [-0.25, -0.2) is 0 Å². The zero-order valence-corrected chi connectivity index (χ0v) is 16.0. The highest BCUT2D eigenvalue weighted by atomic mass is 32.2. The minimum Gasteiger partial charge on any atom is -0.303 e. The number of likely N-dealkylation sites (N-methyl/N-ethyl adjacent to an activating group) is 1. The highest BCUT2D eigenvalue weighted by Crippen LogP contribution is 2.27. The van der Waals surface area contributed by atoms with Crippen LogP contribution in [0.25, 0.3) is 0 Å². The van der Waals surface area contributed by atoms with Crippen molar-refractivity contribution < 1.29 is 0 Å². The number of aryl methyl sites for hydroxylation is 2. The van der Waals surface area contributed by atoms with Crippen LogP contribution in [0, 0.1) is 13.8 Å². The predicted molar refractivity (Wildman–Crippen MR) is 98.8 cm³/mol. The van der Waals surface area contributed by atoms with Gasteiger partial charge < -0.3 is 4.90 Å². The molecule has 1 atom stereocenters. The number of rotatable bonds is 6. The van der Waals surface area contributed by atoms with Gasteiger partial charge in [0.05, 0.1) is 0 Å². The summed E-state index contributed by atoms with van der Waals surface area (Å²) in [6, 6.07) is 5.36. The van der Waals surface area contributed by atoms with Crippen LogP contribution >= 0.6 is 11.8 Å². The van der Waals surface area contributed by atoms with E-state index in [-0.39, 0.29) is 5.41 Å². The van der Waals surface area contributed by atoms with E-state index >= 15 is 0 Å². The molecule has 0 radical (unpaired) electrons. The van der Waals surface area contributed by atoms with E-state index in [2.05, 4.69) is 71.9 Å². The van der Waals surface area contributed by atoms with Crippen molar-refractivity contribution in [3.63, 3.8) is 0 Å². The van der Waals surface area contributed by atoms with Gasteiger partial charge in [-0.1, -0.05) is 32.9 Å². The molecule has 1 aromatic rings. The van der Waals surface area contributed by atoms with Crippen molar-refractivity contribution in [3.05, 3.63) is 34.4 Å². The first kappa shape index (κ1) is 18.6. The first-order valence-electron chi connectivity index (χ1n) is 7.96. The van der Waals surface area contributed by atoms with Gasteiger partial charge in [0.1, 0.15) is 0 Å². The molecule has 0 amide bonds. The van der Waals surface area contributed by atoms with Crippen molar-refractivity contribution in [1.82, 2.24) is 4.90 Å². The Labute approximate surface area is 136 Å². The minimum absolute atomic E-state index is 0.231. The zero-order valence-electron chi connectivity index (χ0n) is 15.2. The molecule has 0 spiro atoms. The van der Waals surface area contributed by atoms with Gasteiger partial charge in [-0.3, -0.25) is 0 Å². The van der Waals surface area contributed by atoms with E-state index in [0.717, 1.165) is 6.42 Å². The summed E-state index contributed by atoms with van der Waals surface area (Å²) < 4.78 is 0. The fourth-order valence-electron chi connectivity index (χ4n) is 2.66. The lowest BCUT2D eigenvalue weighted by Gasteiger charge is -2.27. The van der Waals surface area contributed by atoms with Gasteiger partial charge in [0.15, 0.2) is 0 Å². The van der Waals surface area contributed by atoms with Crippen molar-refractivity contribution in [1.29, 1.82) is 0 Å². The molecule has 0 aliphatic carbocycles. The first-order chi connectivity index (χ1) is 9.66. The van der Waals surface area contributed by atoms with E-state index in [4.69, 9.17) is 0 Å². The average molecular weight is 308 g/mol. The van der Waals surface area contributed by atoms with Gasteiger partial charge >= 0.3 is 0 Å². The second kappa shape index (κ2) is 7.69. The summed E-state index contributed by atoms with van der Waals surface area (Å²) in [5.41, 5.74) is 6.11. The summed E-state index contributed by atoms with van der Waals surface area (Å²) in [5.74, 6) is 1.21. The van der Waals surface area contributed by atoms with Gasteiger partial charge in [0.25, 0.3) is 0 Å². The van der Waals surface area contributed by atoms with E-state index in [0.29, 0.717) is 6.04 Å². The molecule has 21 heavy (non-hydrogen) atoms. The maximum atomic E-state index is 2.48. The molecule has 1 unspecified atom stereocenters. The molecule has 0 N–H and O–H groups in total. The summed E-state index contributed by atoms with van der Waals surface area (Å²) >= 11 is 1.92. The summed E-state index contributed by atoms with van der Waals surface area (Å²) in [6.45, 7) is 14.9. The third-order valence-corrected chi connectivity index (χ3v) is 5.05. The molecule has 1 nitrogen and oxygen atoms in total. The number of hydrogen-bond acceptors (Lipinski definition) is 2. The standard InChI is InChI=1S/C19H33NS/c1-14-11-17(19(4,5)6)12-15(2)18(14)13-16(3)20(7)9-10-21-8/h11-12,16H,9-10,13H2,1-8H3. The van der Waals surface area contributed by atoms with Crippen LogP contribution in [-0.4, -0.2) is 36.5 Å². The Morgan fingerprint density at radius 2 is 1.67 bits per heavy atom. The zero-order chi connectivity index (χ0) is 16.2. The third kappa shape index (κ3) is 5.34. The fourth-order valence-corrected chi connectivity index (χ4v) is 3.13. The molecule has 1 rings (SSSR count). The van der Waals surface area contributed by atoms with E-state index in [1.807, 2.05) is 11.8 Å². The Hall–Kier alpha value is -0.470.